The molecule has 2 aliphatic heterocycles. The van der Waals surface area contributed by atoms with Gasteiger partial charge in [-0.1, -0.05) is 0 Å². The molecule has 0 aromatic carbocycles. The van der Waals surface area contributed by atoms with E-state index in [1.54, 1.807) is 0 Å². The van der Waals surface area contributed by atoms with Crippen molar-refractivity contribution in [3.63, 3.8) is 0 Å². The second kappa shape index (κ2) is 4.58. The first-order valence-electron chi connectivity index (χ1n) is 6.26. The SMILES string of the molecule is O=c1[nH]c(CC2CCCO2)nc2c1CCNC2. The van der Waals surface area contributed by atoms with Gasteiger partial charge in [-0.15, -0.1) is 0 Å². The Balaban J connectivity index is 1.85. The smallest absolute Gasteiger partial charge is 0.254 e. The predicted octanol–water partition coefficient (Wildman–Crippen LogP) is 0.137. The summed E-state index contributed by atoms with van der Waals surface area (Å²) in [6.45, 7) is 2.40. The molecule has 0 amide bonds. The maximum absolute atomic E-state index is 11.9. The second-order valence-corrected chi connectivity index (χ2v) is 4.70. The zero-order chi connectivity index (χ0) is 11.7. The van der Waals surface area contributed by atoms with E-state index < -0.39 is 0 Å². The van der Waals surface area contributed by atoms with Crippen LogP contribution < -0.4 is 10.9 Å². The number of nitrogens with zero attached hydrogens (tertiary/aromatic N) is 1. The topological polar surface area (TPSA) is 67.0 Å². The van der Waals surface area contributed by atoms with E-state index in [-0.39, 0.29) is 11.7 Å². The molecule has 3 heterocycles. The molecule has 5 heteroatoms. The largest absolute Gasteiger partial charge is 0.378 e. The zero-order valence-electron chi connectivity index (χ0n) is 9.79. The van der Waals surface area contributed by atoms with Crippen molar-refractivity contribution in [1.29, 1.82) is 0 Å². The Kier molecular flexibility index (Phi) is 2.94. The van der Waals surface area contributed by atoms with Crippen molar-refractivity contribution < 1.29 is 4.74 Å². The first-order chi connectivity index (χ1) is 8.33. The molecule has 0 bridgehead atoms. The minimum atomic E-state index is 0.0319. The molecule has 1 unspecified atom stereocenters. The van der Waals surface area contributed by atoms with E-state index >= 15 is 0 Å². The summed E-state index contributed by atoms with van der Waals surface area (Å²) in [7, 11) is 0. The van der Waals surface area contributed by atoms with E-state index in [1.165, 1.54) is 0 Å². The number of H-pyrrole nitrogens is 1. The average Bonchev–Trinajstić information content (AvgIpc) is 2.82. The molecule has 2 N–H and O–H groups in total. The Morgan fingerprint density at radius 3 is 3.24 bits per heavy atom. The van der Waals surface area contributed by atoms with Crippen molar-refractivity contribution in [3.05, 3.63) is 27.4 Å². The van der Waals surface area contributed by atoms with Gasteiger partial charge in [0.15, 0.2) is 0 Å². The van der Waals surface area contributed by atoms with Gasteiger partial charge in [0.05, 0.1) is 11.8 Å². The number of nitrogens with one attached hydrogen (secondary N) is 2. The third kappa shape index (κ3) is 2.25. The predicted molar refractivity (Wildman–Crippen MR) is 62.9 cm³/mol. The van der Waals surface area contributed by atoms with E-state index in [9.17, 15) is 4.79 Å². The van der Waals surface area contributed by atoms with Crippen LogP contribution in [0.25, 0.3) is 0 Å². The summed E-state index contributed by atoms with van der Waals surface area (Å²) >= 11 is 0. The van der Waals surface area contributed by atoms with E-state index in [1.807, 2.05) is 0 Å². The van der Waals surface area contributed by atoms with Gasteiger partial charge in [-0.3, -0.25) is 4.79 Å². The lowest BCUT2D eigenvalue weighted by atomic mass is 10.1. The van der Waals surface area contributed by atoms with Gasteiger partial charge in [-0.2, -0.15) is 0 Å². The molecule has 1 atom stereocenters. The Morgan fingerprint density at radius 1 is 1.47 bits per heavy atom. The monoisotopic (exact) mass is 235 g/mol. The normalized spacial score (nSPS) is 23.6. The van der Waals surface area contributed by atoms with Gasteiger partial charge < -0.3 is 15.0 Å². The van der Waals surface area contributed by atoms with Crippen LogP contribution in [0.5, 0.6) is 0 Å². The van der Waals surface area contributed by atoms with Gasteiger partial charge in [-0.25, -0.2) is 4.98 Å². The highest BCUT2D eigenvalue weighted by molar-refractivity contribution is 5.20. The summed E-state index contributed by atoms with van der Waals surface area (Å²) in [5, 5.41) is 3.24. The Labute approximate surface area is 99.6 Å². The maximum atomic E-state index is 11.9. The van der Waals surface area contributed by atoms with Gasteiger partial charge in [-0.05, 0) is 25.8 Å². The van der Waals surface area contributed by atoms with Crippen molar-refractivity contribution in [2.75, 3.05) is 13.2 Å². The summed E-state index contributed by atoms with van der Waals surface area (Å²) in [5.41, 5.74) is 1.79. The molecular weight excluding hydrogens is 218 g/mol. The van der Waals surface area contributed by atoms with Gasteiger partial charge in [0, 0.05) is 25.1 Å². The molecule has 0 saturated carbocycles. The summed E-state index contributed by atoms with van der Waals surface area (Å²) in [6.07, 6.45) is 3.91. The number of fused-ring (bicyclic) bond motifs is 1. The molecule has 0 spiro atoms. The highest BCUT2D eigenvalue weighted by Gasteiger charge is 2.20. The van der Waals surface area contributed by atoms with Gasteiger partial charge >= 0.3 is 0 Å². The van der Waals surface area contributed by atoms with Crippen LogP contribution >= 0.6 is 0 Å². The number of aromatic nitrogens is 2. The molecule has 0 radical (unpaired) electrons. The van der Waals surface area contributed by atoms with Crippen molar-refractivity contribution in [3.8, 4) is 0 Å². The van der Waals surface area contributed by atoms with Crippen molar-refractivity contribution >= 4 is 0 Å². The fraction of sp³-hybridized carbons (Fsp3) is 0.667. The molecule has 3 rings (SSSR count). The lowest BCUT2D eigenvalue weighted by Gasteiger charge is -2.16. The third-order valence-electron chi connectivity index (χ3n) is 3.44. The van der Waals surface area contributed by atoms with E-state index in [0.29, 0.717) is 6.54 Å². The lowest BCUT2D eigenvalue weighted by Crippen LogP contribution is -2.32. The average molecular weight is 235 g/mol. The molecule has 1 fully saturated rings. The van der Waals surface area contributed by atoms with E-state index in [0.717, 1.165) is 55.9 Å². The van der Waals surface area contributed by atoms with Crippen molar-refractivity contribution in [2.45, 2.75) is 38.3 Å². The van der Waals surface area contributed by atoms with Crippen molar-refractivity contribution in [2.24, 2.45) is 0 Å². The second-order valence-electron chi connectivity index (χ2n) is 4.70. The van der Waals surface area contributed by atoms with E-state index in [4.69, 9.17) is 4.74 Å². The first-order valence-corrected chi connectivity index (χ1v) is 6.26. The van der Waals surface area contributed by atoms with Gasteiger partial charge in [0.2, 0.25) is 0 Å². The van der Waals surface area contributed by atoms with Crippen LogP contribution in [0.4, 0.5) is 0 Å². The summed E-state index contributed by atoms with van der Waals surface area (Å²) in [5.74, 6) is 0.768. The third-order valence-corrected chi connectivity index (χ3v) is 3.44. The molecule has 0 aliphatic carbocycles. The van der Waals surface area contributed by atoms with E-state index in [2.05, 4.69) is 15.3 Å². The Hall–Kier alpha value is -1.20. The Morgan fingerprint density at radius 2 is 2.41 bits per heavy atom. The summed E-state index contributed by atoms with van der Waals surface area (Å²) in [4.78, 5) is 19.3. The summed E-state index contributed by atoms with van der Waals surface area (Å²) < 4.78 is 5.56. The van der Waals surface area contributed by atoms with Crippen LogP contribution in [0.3, 0.4) is 0 Å². The molecule has 1 aromatic rings. The molecule has 1 saturated heterocycles. The molecular formula is C12H17N3O2. The highest BCUT2D eigenvalue weighted by atomic mass is 16.5. The number of aromatic amines is 1. The van der Waals surface area contributed by atoms with Crippen molar-refractivity contribution in [1.82, 2.24) is 15.3 Å². The van der Waals surface area contributed by atoms with Gasteiger partial charge in [0.25, 0.3) is 5.56 Å². The number of hydrogen-bond acceptors (Lipinski definition) is 4. The van der Waals surface area contributed by atoms with Gasteiger partial charge in [0.1, 0.15) is 5.82 Å². The quantitative estimate of drug-likeness (QED) is 0.765. The number of ether oxygens (including phenoxy) is 1. The fourth-order valence-corrected chi connectivity index (χ4v) is 2.54. The standard InChI is InChI=1S/C12H17N3O2/c16-12-9-3-4-13-7-10(9)14-11(15-12)6-8-2-1-5-17-8/h8,13H,1-7H2,(H,14,15,16). The minimum Gasteiger partial charge on any atom is -0.378 e. The molecule has 5 nitrogen and oxygen atoms in total. The van der Waals surface area contributed by atoms with Crippen LogP contribution in [0, 0.1) is 0 Å². The molecule has 2 aliphatic rings. The lowest BCUT2D eigenvalue weighted by molar-refractivity contribution is 0.109. The van der Waals surface area contributed by atoms with Crippen LogP contribution in [0.1, 0.15) is 29.9 Å². The zero-order valence-corrected chi connectivity index (χ0v) is 9.79. The van der Waals surface area contributed by atoms with Crippen LogP contribution in [-0.4, -0.2) is 29.2 Å². The highest BCUT2D eigenvalue weighted by Crippen LogP contribution is 2.15. The van der Waals surface area contributed by atoms with Crippen LogP contribution in [0.2, 0.25) is 0 Å². The first kappa shape index (κ1) is 10.9. The van der Waals surface area contributed by atoms with Crippen LogP contribution in [0.15, 0.2) is 4.79 Å². The molecule has 1 aromatic heterocycles. The fourth-order valence-electron chi connectivity index (χ4n) is 2.54. The number of rotatable bonds is 2. The number of hydrogen-bond donors (Lipinski definition) is 2. The Bertz CT molecular complexity index is 463. The molecule has 17 heavy (non-hydrogen) atoms. The maximum Gasteiger partial charge on any atom is 0.254 e. The molecule has 92 valence electrons. The minimum absolute atomic E-state index is 0.0319. The summed E-state index contributed by atoms with van der Waals surface area (Å²) in [6, 6.07) is 0. The van der Waals surface area contributed by atoms with Crippen LogP contribution in [-0.2, 0) is 24.1 Å².